The number of nitrogens with one attached hydrogen (secondary N) is 1. The Balaban J connectivity index is 1.41. The third-order valence-corrected chi connectivity index (χ3v) is 7.51. The second kappa shape index (κ2) is 12.1. The number of carbonyl (C=O) groups is 3. The molecule has 2 fully saturated rings. The van der Waals surface area contributed by atoms with Crippen LogP contribution in [-0.4, -0.2) is 47.0 Å². The van der Waals surface area contributed by atoms with Crippen LogP contribution in [-0.2, 0) is 20.8 Å². The topological polar surface area (TPSA) is 95.9 Å². The second-order valence-corrected chi connectivity index (χ2v) is 10.3. The summed E-state index contributed by atoms with van der Waals surface area (Å²) >= 11 is 12.5. The first kappa shape index (κ1) is 26.5. The molecule has 0 bridgehead atoms. The smallest absolute Gasteiger partial charge is 0.305 e. The Morgan fingerprint density at radius 3 is 2.36 bits per heavy atom. The van der Waals surface area contributed by atoms with Gasteiger partial charge in [-0.1, -0.05) is 47.8 Å². The van der Waals surface area contributed by atoms with E-state index in [1.165, 1.54) is 11.3 Å². The molecule has 1 aliphatic carbocycles. The maximum Gasteiger partial charge on any atom is 0.305 e. The molecule has 1 saturated carbocycles. The fourth-order valence-corrected chi connectivity index (χ4v) is 5.15. The van der Waals surface area contributed by atoms with Gasteiger partial charge in [0.15, 0.2) is 0 Å². The van der Waals surface area contributed by atoms with Gasteiger partial charge in [-0.3, -0.25) is 19.3 Å². The van der Waals surface area contributed by atoms with Crippen LogP contribution in [0.15, 0.2) is 42.5 Å². The number of benzene rings is 2. The van der Waals surface area contributed by atoms with Gasteiger partial charge in [-0.05, 0) is 60.6 Å². The Bertz CT molecular complexity index is 1090. The van der Waals surface area contributed by atoms with Crippen LogP contribution in [0.5, 0.6) is 5.75 Å². The number of carbonyl (C=O) groups excluding carboxylic acids is 2. The Kier molecular flexibility index (Phi) is 8.88. The van der Waals surface area contributed by atoms with Gasteiger partial charge in [-0.15, -0.1) is 0 Å². The minimum absolute atomic E-state index is 0.0274. The number of amides is 2. The first-order valence-electron chi connectivity index (χ1n) is 12.3. The van der Waals surface area contributed by atoms with Crippen molar-refractivity contribution in [3.63, 3.8) is 0 Å². The number of likely N-dealkylation sites (tertiary alicyclic amines) is 1. The lowest BCUT2D eigenvalue weighted by molar-refractivity contribution is -0.139. The third-order valence-electron chi connectivity index (χ3n) is 6.96. The van der Waals surface area contributed by atoms with Gasteiger partial charge >= 0.3 is 5.97 Å². The number of imide groups is 1. The summed E-state index contributed by atoms with van der Waals surface area (Å²) in [6.07, 6.45) is 4.56. The lowest BCUT2D eigenvalue weighted by Gasteiger charge is -2.37. The Morgan fingerprint density at radius 2 is 1.78 bits per heavy atom. The lowest BCUT2D eigenvalue weighted by Crippen LogP contribution is -2.43. The minimum atomic E-state index is -0.864. The average molecular weight is 533 g/mol. The van der Waals surface area contributed by atoms with E-state index in [0.29, 0.717) is 28.1 Å². The predicted octanol–water partition coefficient (Wildman–Crippen LogP) is 5.04. The van der Waals surface area contributed by atoms with Gasteiger partial charge in [-0.25, -0.2) is 0 Å². The van der Waals surface area contributed by atoms with Crippen molar-refractivity contribution in [3.8, 4) is 5.75 Å². The molecule has 36 heavy (non-hydrogen) atoms. The zero-order valence-corrected chi connectivity index (χ0v) is 21.4. The molecule has 2 aromatic rings. The van der Waals surface area contributed by atoms with Gasteiger partial charge < -0.3 is 15.2 Å². The van der Waals surface area contributed by atoms with E-state index >= 15 is 0 Å². The number of aliphatic carboxylic acids is 1. The van der Waals surface area contributed by atoms with Crippen molar-refractivity contribution in [2.24, 2.45) is 5.92 Å². The van der Waals surface area contributed by atoms with Gasteiger partial charge in [0.25, 0.3) is 0 Å². The number of hydrogen-bond acceptors (Lipinski definition) is 5. The zero-order valence-electron chi connectivity index (χ0n) is 19.9. The van der Waals surface area contributed by atoms with Gasteiger partial charge in [0.1, 0.15) is 12.4 Å². The molecule has 1 unspecified atom stereocenters. The van der Waals surface area contributed by atoms with Crippen LogP contribution in [0.25, 0.3) is 0 Å². The highest BCUT2D eigenvalue weighted by atomic mass is 35.5. The molecule has 9 heteroatoms. The number of carboxylic acids is 1. The van der Waals surface area contributed by atoms with Gasteiger partial charge in [0.05, 0.1) is 18.0 Å². The Hall–Kier alpha value is -2.61. The van der Waals surface area contributed by atoms with E-state index in [9.17, 15) is 19.5 Å². The molecular weight excluding hydrogens is 503 g/mol. The van der Waals surface area contributed by atoms with E-state index in [2.05, 4.69) is 5.32 Å². The van der Waals surface area contributed by atoms with Crippen LogP contribution >= 0.6 is 23.2 Å². The summed E-state index contributed by atoms with van der Waals surface area (Å²) in [6.45, 7) is 0.389. The van der Waals surface area contributed by atoms with E-state index in [1.54, 1.807) is 18.2 Å². The largest absolute Gasteiger partial charge is 0.490 e. The summed E-state index contributed by atoms with van der Waals surface area (Å²) in [6, 6.07) is 12.7. The summed E-state index contributed by atoms with van der Waals surface area (Å²) in [5.41, 5.74) is 1.91. The maximum absolute atomic E-state index is 11.7. The van der Waals surface area contributed by atoms with Crippen molar-refractivity contribution >= 4 is 41.0 Å². The standard InChI is InChI=1S/C27H30Cl2N2O5/c28-20-7-5-19(6-8-20)23(16-27(34)35)30-22(18-2-1-3-18)15-17-4-9-24(21(29)14-17)36-13-12-31-25(32)10-11-26(31)33/h4-9,14,18,22-23,30H,1-3,10-13,15-16H2,(H,34,35)/t22?,23-/m0/s1. The van der Waals surface area contributed by atoms with Crippen molar-refractivity contribution < 1.29 is 24.2 Å². The quantitative estimate of drug-likeness (QED) is 0.372. The highest BCUT2D eigenvalue weighted by Crippen LogP contribution is 2.34. The number of rotatable bonds is 12. The van der Waals surface area contributed by atoms with Gasteiger partial charge in [0, 0.05) is 29.9 Å². The summed E-state index contributed by atoms with van der Waals surface area (Å²) < 4.78 is 5.74. The molecule has 7 nitrogen and oxygen atoms in total. The van der Waals surface area contributed by atoms with Crippen molar-refractivity contribution in [1.82, 2.24) is 10.2 Å². The molecule has 0 radical (unpaired) electrons. The van der Waals surface area contributed by atoms with E-state index in [-0.39, 0.29) is 56.3 Å². The molecule has 2 amide bonds. The highest BCUT2D eigenvalue weighted by Gasteiger charge is 2.31. The number of hydrogen-bond donors (Lipinski definition) is 2. The molecule has 1 aliphatic heterocycles. The fraction of sp³-hybridized carbons (Fsp3) is 0.444. The highest BCUT2D eigenvalue weighted by molar-refractivity contribution is 6.32. The molecule has 0 aromatic heterocycles. The van der Waals surface area contributed by atoms with E-state index in [1.807, 2.05) is 24.3 Å². The molecule has 0 spiro atoms. The number of nitrogens with zero attached hydrogens (tertiary/aromatic N) is 1. The van der Waals surface area contributed by atoms with E-state index < -0.39 is 5.97 Å². The molecule has 1 saturated heterocycles. The summed E-state index contributed by atoms with van der Waals surface area (Å²) in [5, 5.41) is 14.2. The van der Waals surface area contributed by atoms with Crippen LogP contribution in [0.3, 0.4) is 0 Å². The number of carboxylic acid groups (broad SMARTS) is 1. The first-order chi connectivity index (χ1) is 17.3. The lowest BCUT2D eigenvalue weighted by atomic mass is 9.77. The molecule has 4 rings (SSSR count). The molecule has 2 aliphatic rings. The second-order valence-electron chi connectivity index (χ2n) is 9.42. The summed E-state index contributed by atoms with van der Waals surface area (Å²) in [7, 11) is 0. The summed E-state index contributed by atoms with van der Waals surface area (Å²) in [5.74, 6) is -0.244. The van der Waals surface area contributed by atoms with Crippen LogP contribution in [0.2, 0.25) is 10.0 Å². The first-order valence-corrected chi connectivity index (χ1v) is 13.0. The molecule has 1 heterocycles. The van der Waals surface area contributed by atoms with Crippen LogP contribution in [0.1, 0.15) is 55.7 Å². The third kappa shape index (κ3) is 6.78. The van der Waals surface area contributed by atoms with Gasteiger partial charge in [0.2, 0.25) is 11.8 Å². The van der Waals surface area contributed by atoms with Crippen molar-refractivity contribution in [2.45, 2.75) is 57.0 Å². The molecule has 2 aromatic carbocycles. The SMILES string of the molecule is O=C(O)C[C@H](NC(Cc1ccc(OCCN2C(=O)CCC2=O)c(Cl)c1)C1CCC1)c1ccc(Cl)cc1. The van der Waals surface area contributed by atoms with Crippen LogP contribution < -0.4 is 10.1 Å². The van der Waals surface area contributed by atoms with Crippen molar-refractivity contribution in [2.75, 3.05) is 13.2 Å². The normalized spacial score (nSPS) is 17.7. The fourth-order valence-electron chi connectivity index (χ4n) is 4.77. The minimum Gasteiger partial charge on any atom is -0.490 e. The monoisotopic (exact) mass is 532 g/mol. The molecular formula is C27H30Cl2N2O5. The predicted molar refractivity (Wildman–Crippen MR) is 137 cm³/mol. The van der Waals surface area contributed by atoms with Crippen LogP contribution in [0.4, 0.5) is 0 Å². The molecule has 192 valence electrons. The maximum atomic E-state index is 11.7. The van der Waals surface area contributed by atoms with Crippen molar-refractivity contribution in [1.29, 1.82) is 0 Å². The Labute approximate surface area is 220 Å². The Morgan fingerprint density at radius 1 is 1.08 bits per heavy atom. The average Bonchev–Trinajstić information content (AvgIpc) is 3.11. The van der Waals surface area contributed by atoms with Crippen molar-refractivity contribution in [3.05, 3.63) is 63.6 Å². The zero-order chi connectivity index (χ0) is 25.7. The van der Waals surface area contributed by atoms with E-state index in [0.717, 1.165) is 24.0 Å². The van der Waals surface area contributed by atoms with Crippen LogP contribution in [0, 0.1) is 5.92 Å². The number of halogens is 2. The van der Waals surface area contributed by atoms with E-state index in [4.69, 9.17) is 27.9 Å². The molecule has 2 atom stereocenters. The number of ether oxygens (including phenoxy) is 1. The van der Waals surface area contributed by atoms with Gasteiger partial charge in [-0.2, -0.15) is 0 Å². The molecule has 2 N–H and O–H groups in total. The summed E-state index contributed by atoms with van der Waals surface area (Å²) in [4.78, 5) is 36.3.